The third kappa shape index (κ3) is 37.3. The molecule has 0 atom stereocenters. The number of alkyl halides is 12. The third-order valence-corrected chi connectivity index (χ3v) is 3.51. The number of halogens is 12. The van der Waals surface area contributed by atoms with Crippen molar-refractivity contribution in [2.45, 2.75) is 22.0 Å². The Morgan fingerprint density at radius 3 is 0.513 bits per heavy atom. The van der Waals surface area contributed by atoms with Gasteiger partial charge in [0.25, 0.3) is 0 Å². The topological polar surface area (TPSA) is 258 Å². The van der Waals surface area contributed by atoms with E-state index in [1.54, 1.807) is 0 Å². The van der Waals surface area contributed by atoms with Gasteiger partial charge < -0.3 is 0 Å². The predicted octanol–water partition coefficient (Wildman–Crippen LogP) is 0.382. The summed E-state index contributed by atoms with van der Waals surface area (Å²) in [5.41, 5.74) is -22.1. The van der Waals surface area contributed by atoms with E-state index in [4.69, 9.17) is 59.8 Å². The molecule has 0 rings (SSSR count). The Balaban J connectivity index is -0.0000000862. The van der Waals surface area contributed by atoms with E-state index in [1.165, 1.54) is 0 Å². The van der Waals surface area contributed by atoms with Gasteiger partial charge in [-0.25, -0.2) is 0 Å². The fraction of sp³-hybridized carbons (Fsp3) is 1.00. The Labute approximate surface area is 220 Å². The first kappa shape index (κ1) is 51.1. The molecule has 32 heteroatoms. The summed E-state index contributed by atoms with van der Waals surface area (Å²) in [5.74, 6) is 0. The van der Waals surface area contributed by atoms with Crippen molar-refractivity contribution in [2.24, 2.45) is 0 Å². The second-order valence-electron chi connectivity index (χ2n) is 5.00. The van der Waals surface area contributed by atoms with E-state index in [1.807, 2.05) is 0 Å². The quantitative estimate of drug-likeness (QED) is 0.0863. The van der Waals surface area contributed by atoms with Crippen LogP contribution in [0.3, 0.4) is 0 Å². The van der Waals surface area contributed by atoms with Crippen molar-refractivity contribution in [1.29, 1.82) is 0 Å². The van der Waals surface area contributed by atoms with Crippen LogP contribution in [0.4, 0.5) is 52.7 Å². The molecule has 0 unspecified atom stereocenters. The van der Waals surface area contributed by atoms with Crippen molar-refractivity contribution in [3.63, 3.8) is 0 Å². The van der Waals surface area contributed by atoms with Gasteiger partial charge in [-0.1, -0.05) is 0 Å². The minimum atomic E-state index is -5.84. The maximum atomic E-state index is 10.7. The first-order valence-corrected chi connectivity index (χ1v) is 16.0. The van der Waals surface area contributed by atoms with E-state index in [2.05, 4.69) is 18.8 Å². The van der Waals surface area contributed by atoms with Crippen LogP contribution in [0.1, 0.15) is 0 Å². The molecule has 0 fully saturated rings. The molecular formula is C7H13AlF12O14S5. The molecule has 39 heavy (non-hydrogen) atoms. The fourth-order valence-electron chi connectivity index (χ4n) is 0. The molecule has 0 aromatic rings. The summed E-state index contributed by atoms with van der Waals surface area (Å²) in [6.07, 6.45) is 6.58. The van der Waals surface area contributed by atoms with E-state index in [-0.39, 0.29) is 0 Å². The summed E-state index contributed by atoms with van der Waals surface area (Å²) < 4.78 is 247. The zero-order chi connectivity index (χ0) is 34.3. The normalized spacial score (nSPS) is 12.6. The first-order valence-electron chi connectivity index (χ1n) is 6.84. The molecule has 242 valence electrons. The summed E-state index contributed by atoms with van der Waals surface area (Å²) in [6.45, 7) is 0. The Bertz CT molecular complexity index is 930. The van der Waals surface area contributed by atoms with Crippen molar-refractivity contribution >= 4 is 66.9 Å². The molecule has 0 spiro atoms. The zero-order valence-electron chi connectivity index (χ0n) is 18.0. The van der Waals surface area contributed by atoms with Gasteiger partial charge in [0.1, 0.15) is 0 Å². The molecule has 0 saturated carbocycles. The van der Waals surface area contributed by atoms with Gasteiger partial charge in [0.2, 0.25) is 0 Å². The molecule has 0 aliphatic heterocycles. The van der Waals surface area contributed by atoms with Gasteiger partial charge >= 0.3 is 86.0 Å². The molecule has 4 N–H and O–H groups in total. The van der Waals surface area contributed by atoms with Crippen LogP contribution in [0.15, 0.2) is 0 Å². The van der Waals surface area contributed by atoms with Crippen molar-refractivity contribution in [1.82, 2.24) is 0 Å². The molecule has 0 radical (unpaired) electrons. The van der Waals surface area contributed by atoms with Crippen molar-refractivity contribution in [3.8, 4) is 0 Å². The molecule has 0 aliphatic carbocycles. The Hall–Kier alpha value is -0.718. The van der Waals surface area contributed by atoms with Crippen LogP contribution < -0.4 is 4.16 Å². The van der Waals surface area contributed by atoms with Gasteiger partial charge in [-0.2, -0.15) is 86.4 Å². The van der Waals surface area contributed by atoms with Gasteiger partial charge in [0, 0.05) is 0 Å². The molecule has 0 aliphatic rings. The van der Waals surface area contributed by atoms with E-state index < -0.39 is 78.0 Å². The molecule has 14 nitrogen and oxygen atoms in total. The van der Waals surface area contributed by atoms with Gasteiger partial charge in [0.15, 0.2) is 0 Å². The summed E-state index contributed by atoms with van der Waals surface area (Å²) in [7, 11) is -22.7. The predicted molar refractivity (Wildman–Crippen MR) is 102 cm³/mol. The van der Waals surface area contributed by atoms with Crippen LogP contribution in [0.2, 0.25) is 0 Å². The molecule has 0 saturated heterocycles. The molecule has 0 heterocycles. The minimum absolute atomic E-state index is 0.639. The van der Waals surface area contributed by atoms with Gasteiger partial charge in [-0.3, -0.25) is 18.2 Å². The summed E-state index contributed by atoms with van der Waals surface area (Å²) >= 11 is -1.75. The van der Waals surface area contributed by atoms with E-state index in [0.29, 0.717) is 10.9 Å². The number of rotatable bonds is 0. The second-order valence-corrected chi connectivity index (χ2v) is 13.3. The fourth-order valence-corrected chi connectivity index (χ4v) is 0. The van der Waals surface area contributed by atoms with E-state index >= 15 is 0 Å². The molecule has 0 amide bonds. The number of hydrogen-bond acceptors (Lipinski definition) is 10. The molecule has 0 bridgehead atoms. The molecular weight excluding hydrogens is 723 g/mol. The average molecular weight is 736 g/mol. The van der Waals surface area contributed by atoms with Crippen LogP contribution in [0.5, 0.6) is 0 Å². The Kier molecular flexibility index (Phi) is 24.4. The van der Waals surface area contributed by atoms with Gasteiger partial charge in [-0.05, 0) is 10.9 Å². The number of hydrogen-bond donors (Lipinski definition) is 4. The summed E-state index contributed by atoms with van der Waals surface area (Å²) in [4.78, 5) is 0. The van der Waals surface area contributed by atoms with Crippen LogP contribution in [0.25, 0.3) is 0 Å². The van der Waals surface area contributed by atoms with Crippen LogP contribution >= 0.6 is 0 Å². The van der Waals surface area contributed by atoms with Gasteiger partial charge in [0.05, 0.1) is 18.8 Å². The van der Waals surface area contributed by atoms with Crippen LogP contribution in [-0.4, -0.2) is 108 Å². The second kappa shape index (κ2) is 18.7. The van der Waals surface area contributed by atoms with Crippen LogP contribution in [0, 0.1) is 0 Å². The van der Waals surface area contributed by atoms with Crippen molar-refractivity contribution in [3.05, 3.63) is 0 Å². The van der Waals surface area contributed by atoms with Crippen LogP contribution in [-0.2, 0) is 55.2 Å². The standard InChI is InChI=1S/C3H9S.4CHF3O3S.Al.2O/c1-4(2)3;4*2-1(3,4)8(5,6)7;;;/h1-3H3;4*(H,5,6,7);;;/q+1;;;;;;;-1. The molecule has 0 aromatic carbocycles. The monoisotopic (exact) mass is 736 g/mol. The van der Waals surface area contributed by atoms with E-state index in [0.717, 1.165) is 0 Å². The summed E-state index contributed by atoms with van der Waals surface area (Å²) in [5, 5.41) is 0. The average Bonchev–Trinajstić information content (AvgIpc) is 2.48. The Morgan fingerprint density at radius 1 is 0.487 bits per heavy atom. The Morgan fingerprint density at radius 2 is 0.513 bits per heavy atom. The van der Waals surface area contributed by atoms with Crippen molar-refractivity contribution in [2.75, 3.05) is 18.8 Å². The maximum absolute atomic E-state index is 10.7. The van der Waals surface area contributed by atoms with Gasteiger partial charge in [-0.15, -0.1) is 0 Å². The molecule has 0 aromatic heterocycles. The zero-order valence-corrected chi connectivity index (χ0v) is 23.3. The van der Waals surface area contributed by atoms with E-state index in [9.17, 15) is 52.7 Å². The van der Waals surface area contributed by atoms with Crippen molar-refractivity contribution < 1.29 is 113 Å². The third-order valence-electron chi connectivity index (χ3n) is 1.17. The first-order chi connectivity index (χ1) is 16.1. The summed E-state index contributed by atoms with van der Waals surface area (Å²) in [6, 6.07) is 0. The SMILES string of the molecule is C[S+](C)C.O=S(=O)(O)C(F)(F)F.O=S(=O)(O)C(F)(F)F.O=S(=O)(O)C(F)(F)F.O=S(=O)(O)C(F)(F)F.[O]=[Al][O-].